The number of carbonyl (C=O) groups excluding carboxylic acids is 1. The highest BCUT2D eigenvalue weighted by molar-refractivity contribution is 6.02. The maximum Gasteiger partial charge on any atom is 0.294 e. The van der Waals surface area contributed by atoms with Crippen molar-refractivity contribution in [2.24, 2.45) is 0 Å². The lowest BCUT2D eigenvalue weighted by atomic mass is 10.1. The summed E-state index contributed by atoms with van der Waals surface area (Å²) in [4.78, 5) is 12.0. The summed E-state index contributed by atoms with van der Waals surface area (Å²) in [7, 11) is 0. The summed E-state index contributed by atoms with van der Waals surface area (Å²) in [6.07, 6.45) is 0. The fraction of sp³-hybridized carbons (Fsp3) is 0. The van der Waals surface area contributed by atoms with Gasteiger partial charge >= 0.3 is 0 Å². The van der Waals surface area contributed by atoms with Crippen molar-refractivity contribution in [1.82, 2.24) is 5.16 Å². The maximum absolute atomic E-state index is 13.7. The molecule has 116 valence electrons. The van der Waals surface area contributed by atoms with Crippen LogP contribution in [0.3, 0.4) is 0 Å². The Balaban J connectivity index is 1.83. The summed E-state index contributed by atoms with van der Waals surface area (Å²) in [6.45, 7) is 0. The quantitative estimate of drug-likeness (QED) is 0.794. The van der Waals surface area contributed by atoms with E-state index in [1.807, 2.05) is 0 Å². The van der Waals surface area contributed by atoms with Gasteiger partial charge in [0.25, 0.3) is 5.91 Å². The van der Waals surface area contributed by atoms with Gasteiger partial charge in [0.1, 0.15) is 23.1 Å². The Hall–Kier alpha value is -3.09. The molecular formula is C16H9F3N2O2. The molecule has 0 aliphatic rings. The highest BCUT2D eigenvalue weighted by Crippen LogP contribution is 2.23. The number of hydrogen-bond donors (Lipinski definition) is 1. The van der Waals surface area contributed by atoms with E-state index in [1.165, 1.54) is 24.3 Å². The molecule has 0 fully saturated rings. The van der Waals surface area contributed by atoms with Gasteiger partial charge < -0.3 is 9.84 Å². The molecule has 0 unspecified atom stereocenters. The molecule has 3 aromatic rings. The van der Waals surface area contributed by atoms with Crippen LogP contribution in [-0.2, 0) is 0 Å². The van der Waals surface area contributed by atoms with Gasteiger partial charge in [-0.2, -0.15) is 0 Å². The summed E-state index contributed by atoms with van der Waals surface area (Å²) in [6, 6.07) is 9.81. The topological polar surface area (TPSA) is 55.1 Å². The number of anilines is 1. The number of nitrogens with one attached hydrogen (secondary N) is 1. The number of benzene rings is 2. The van der Waals surface area contributed by atoms with Gasteiger partial charge in [-0.05, 0) is 24.3 Å². The molecule has 7 heteroatoms. The molecule has 0 radical (unpaired) electrons. The van der Waals surface area contributed by atoms with Crippen molar-refractivity contribution in [3.63, 3.8) is 0 Å². The fourth-order valence-corrected chi connectivity index (χ4v) is 1.95. The molecule has 3 rings (SSSR count). The molecule has 0 atom stereocenters. The van der Waals surface area contributed by atoms with Crippen LogP contribution in [0.2, 0.25) is 0 Å². The molecule has 0 aliphatic carbocycles. The van der Waals surface area contributed by atoms with Gasteiger partial charge in [0.15, 0.2) is 0 Å². The molecule has 0 aliphatic heterocycles. The summed E-state index contributed by atoms with van der Waals surface area (Å²) in [5.41, 5.74) is 0.0938. The van der Waals surface area contributed by atoms with Gasteiger partial charge in [0, 0.05) is 17.7 Å². The van der Waals surface area contributed by atoms with Crippen molar-refractivity contribution >= 4 is 11.6 Å². The first-order valence-electron chi connectivity index (χ1n) is 6.52. The zero-order valence-corrected chi connectivity index (χ0v) is 11.5. The van der Waals surface area contributed by atoms with E-state index in [1.54, 1.807) is 6.07 Å². The number of aromatic nitrogens is 1. The summed E-state index contributed by atoms with van der Waals surface area (Å²) in [5.74, 6) is -3.22. The monoisotopic (exact) mass is 318 g/mol. The van der Waals surface area contributed by atoms with Crippen LogP contribution in [0.5, 0.6) is 0 Å². The average molecular weight is 318 g/mol. The summed E-state index contributed by atoms with van der Waals surface area (Å²) < 4.78 is 44.8. The van der Waals surface area contributed by atoms with Crippen LogP contribution in [0.15, 0.2) is 53.1 Å². The van der Waals surface area contributed by atoms with E-state index in [0.717, 1.165) is 12.1 Å². The zero-order chi connectivity index (χ0) is 16.4. The maximum atomic E-state index is 13.7. The lowest BCUT2D eigenvalue weighted by Crippen LogP contribution is -2.12. The molecule has 1 amide bonds. The second kappa shape index (κ2) is 5.96. The van der Waals surface area contributed by atoms with Crippen LogP contribution in [0.25, 0.3) is 11.3 Å². The van der Waals surface area contributed by atoms with Crippen LogP contribution < -0.4 is 5.32 Å². The highest BCUT2D eigenvalue weighted by atomic mass is 19.1. The third kappa shape index (κ3) is 3.08. The minimum absolute atomic E-state index is 0.132. The molecule has 1 N–H and O–H groups in total. The molecule has 1 heterocycles. The first-order valence-corrected chi connectivity index (χ1v) is 6.52. The van der Waals surface area contributed by atoms with Crippen LogP contribution >= 0.6 is 0 Å². The van der Waals surface area contributed by atoms with E-state index in [0.29, 0.717) is 6.07 Å². The molecule has 0 bridgehead atoms. The number of nitrogens with zero attached hydrogens (tertiary/aromatic N) is 1. The van der Waals surface area contributed by atoms with E-state index in [9.17, 15) is 18.0 Å². The predicted octanol–water partition coefficient (Wildman–Crippen LogP) is 4.01. The van der Waals surface area contributed by atoms with Crippen molar-refractivity contribution in [2.75, 3.05) is 5.32 Å². The molecule has 23 heavy (non-hydrogen) atoms. The Labute approximate surface area is 128 Å². The van der Waals surface area contributed by atoms with Crippen LogP contribution in [0.1, 0.15) is 10.6 Å². The summed E-state index contributed by atoms with van der Waals surface area (Å²) in [5, 5.41) is 5.84. The lowest BCUT2D eigenvalue weighted by molar-refractivity contribution is 0.0987. The Kier molecular flexibility index (Phi) is 3.84. The lowest BCUT2D eigenvalue weighted by Gasteiger charge is -2.03. The minimum atomic E-state index is -0.924. The number of amides is 1. The smallest absolute Gasteiger partial charge is 0.294 e. The standard InChI is InChI=1S/C16H9F3N2O2/c17-9-5-6-13(12(19)7-9)20-16(22)15-8-14(21-23-15)10-3-1-2-4-11(10)18/h1-8H,(H,20,22). The predicted molar refractivity (Wildman–Crippen MR) is 76.2 cm³/mol. The van der Waals surface area contributed by atoms with Crippen molar-refractivity contribution in [3.05, 3.63) is 71.7 Å². The van der Waals surface area contributed by atoms with E-state index in [4.69, 9.17) is 4.52 Å². The number of rotatable bonds is 3. The van der Waals surface area contributed by atoms with Gasteiger partial charge in [0.2, 0.25) is 5.76 Å². The molecular weight excluding hydrogens is 309 g/mol. The molecule has 1 aromatic heterocycles. The van der Waals surface area contributed by atoms with Gasteiger partial charge in [-0.15, -0.1) is 0 Å². The Morgan fingerprint density at radius 3 is 2.52 bits per heavy atom. The van der Waals surface area contributed by atoms with E-state index in [-0.39, 0.29) is 22.7 Å². The number of carbonyl (C=O) groups is 1. The zero-order valence-electron chi connectivity index (χ0n) is 11.5. The second-order valence-electron chi connectivity index (χ2n) is 4.63. The normalized spacial score (nSPS) is 10.6. The SMILES string of the molecule is O=C(Nc1ccc(F)cc1F)c1cc(-c2ccccc2F)no1. The largest absolute Gasteiger partial charge is 0.350 e. The second-order valence-corrected chi connectivity index (χ2v) is 4.63. The first kappa shape index (κ1) is 14.8. The van der Waals surface area contributed by atoms with Crippen LogP contribution in [0, 0.1) is 17.5 Å². The highest BCUT2D eigenvalue weighted by Gasteiger charge is 2.17. The van der Waals surface area contributed by atoms with E-state index in [2.05, 4.69) is 10.5 Å². The van der Waals surface area contributed by atoms with Gasteiger partial charge in [0.05, 0.1) is 5.69 Å². The third-order valence-corrected chi connectivity index (χ3v) is 3.06. The van der Waals surface area contributed by atoms with Gasteiger partial charge in [-0.1, -0.05) is 17.3 Å². The molecule has 0 saturated carbocycles. The van der Waals surface area contributed by atoms with Crippen molar-refractivity contribution in [3.8, 4) is 11.3 Å². The van der Waals surface area contributed by atoms with E-state index < -0.39 is 23.4 Å². The molecule has 4 nitrogen and oxygen atoms in total. The van der Waals surface area contributed by atoms with Crippen molar-refractivity contribution < 1.29 is 22.5 Å². The first-order chi connectivity index (χ1) is 11.0. The molecule has 2 aromatic carbocycles. The van der Waals surface area contributed by atoms with E-state index >= 15 is 0 Å². The Bertz CT molecular complexity index is 877. The van der Waals surface area contributed by atoms with Gasteiger partial charge in [-0.3, -0.25) is 4.79 Å². The van der Waals surface area contributed by atoms with Crippen molar-refractivity contribution in [2.45, 2.75) is 0 Å². The fourth-order valence-electron chi connectivity index (χ4n) is 1.95. The molecule has 0 saturated heterocycles. The summed E-state index contributed by atoms with van der Waals surface area (Å²) >= 11 is 0. The van der Waals surface area contributed by atoms with Crippen LogP contribution in [-0.4, -0.2) is 11.1 Å². The Morgan fingerprint density at radius 2 is 1.78 bits per heavy atom. The Morgan fingerprint density at radius 1 is 1.00 bits per heavy atom. The number of halogens is 3. The van der Waals surface area contributed by atoms with Crippen LogP contribution in [0.4, 0.5) is 18.9 Å². The molecule has 0 spiro atoms. The van der Waals surface area contributed by atoms with Gasteiger partial charge in [-0.25, -0.2) is 13.2 Å². The van der Waals surface area contributed by atoms with Crippen molar-refractivity contribution in [1.29, 1.82) is 0 Å². The third-order valence-electron chi connectivity index (χ3n) is 3.06. The minimum Gasteiger partial charge on any atom is -0.350 e. The average Bonchev–Trinajstić information content (AvgIpc) is 3.00. The number of hydrogen-bond acceptors (Lipinski definition) is 3.